The molecule has 0 spiro atoms. The van der Waals surface area contributed by atoms with Crippen LogP contribution in [0.2, 0.25) is 5.02 Å². The Balaban J connectivity index is 1.76. The second-order valence-electron chi connectivity index (χ2n) is 5.88. The molecule has 0 saturated heterocycles. The number of amidine groups is 1. The number of carbonyl (C=O) groups excluding carboxylic acids is 1. The van der Waals surface area contributed by atoms with E-state index in [1.807, 2.05) is 0 Å². The summed E-state index contributed by atoms with van der Waals surface area (Å²) in [5, 5.41) is 0.598. The van der Waals surface area contributed by atoms with Gasteiger partial charge in [-0.05, 0) is 42.3 Å². The zero-order valence-electron chi connectivity index (χ0n) is 14.2. The van der Waals surface area contributed by atoms with E-state index in [4.69, 9.17) is 25.8 Å². The van der Waals surface area contributed by atoms with Crippen LogP contribution in [0.5, 0.6) is 17.2 Å². The van der Waals surface area contributed by atoms with Crippen molar-refractivity contribution < 1.29 is 19.0 Å². The van der Waals surface area contributed by atoms with E-state index in [9.17, 15) is 4.79 Å². The number of para-hydroxylation sites is 1. The average molecular weight is 371 g/mol. The molecule has 0 fully saturated rings. The van der Waals surface area contributed by atoms with Gasteiger partial charge in [0.2, 0.25) is 5.90 Å². The molecule has 6 nitrogen and oxygen atoms in total. The number of methoxy groups -OCH3 is 2. The summed E-state index contributed by atoms with van der Waals surface area (Å²) < 4.78 is 16.6. The first-order valence-corrected chi connectivity index (χ1v) is 8.37. The number of aliphatic imine (C=N–C) groups is 2. The van der Waals surface area contributed by atoms with Gasteiger partial charge >= 0.3 is 0 Å². The molecule has 0 saturated carbocycles. The molecule has 1 unspecified atom stereocenters. The molecule has 2 aliphatic heterocycles. The predicted molar refractivity (Wildman–Crippen MR) is 97.8 cm³/mol. The molecule has 4 rings (SSSR count). The Morgan fingerprint density at radius 1 is 1.15 bits per heavy atom. The first kappa shape index (κ1) is 16.6. The number of nitrogens with zero attached hydrogens (tertiary/aromatic N) is 2. The van der Waals surface area contributed by atoms with Crippen LogP contribution in [-0.2, 0) is 11.2 Å². The predicted octanol–water partition coefficient (Wildman–Crippen LogP) is 3.29. The summed E-state index contributed by atoms with van der Waals surface area (Å²) in [4.78, 5) is 21.3. The zero-order chi connectivity index (χ0) is 18.3. The monoisotopic (exact) mass is 370 g/mol. The summed E-state index contributed by atoms with van der Waals surface area (Å²) in [6.45, 7) is 0. The zero-order valence-corrected chi connectivity index (χ0v) is 14.9. The summed E-state index contributed by atoms with van der Waals surface area (Å²) >= 11 is 6.03. The third-order valence-electron chi connectivity index (χ3n) is 4.33. The molecule has 2 heterocycles. The molecule has 1 amide bonds. The van der Waals surface area contributed by atoms with Crippen LogP contribution < -0.4 is 14.2 Å². The number of ether oxygens (including phenoxy) is 3. The highest BCUT2D eigenvalue weighted by atomic mass is 35.5. The number of hydrogen-bond donors (Lipinski definition) is 0. The van der Waals surface area contributed by atoms with Crippen LogP contribution in [0.3, 0.4) is 0 Å². The van der Waals surface area contributed by atoms with Crippen molar-refractivity contribution in [2.45, 2.75) is 6.42 Å². The third kappa shape index (κ3) is 2.72. The van der Waals surface area contributed by atoms with Crippen LogP contribution in [0, 0.1) is 5.92 Å². The van der Waals surface area contributed by atoms with Gasteiger partial charge in [-0.25, -0.2) is 0 Å². The minimum Gasteiger partial charge on any atom is -0.493 e. The molecule has 2 aromatic carbocycles. The molecule has 2 aromatic rings. The third-order valence-corrected chi connectivity index (χ3v) is 4.57. The summed E-state index contributed by atoms with van der Waals surface area (Å²) in [6.07, 6.45) is 0.458. The van der Waals surface area contributed by atoms with Crippen molar-refractivity contribution in [3.05, 3.63) is 52.5 Å². The molecule has 132 valence electrons. The number of rotatable bonds is 3. The Morgan fingerprint density at radius 2 is 2.00 bits per heavy atom. The Morgan fingerprint density at radius 3 is 2.77 bits per heavy atom. The lowest BCUT2D eigenvalue weighted by Gasteiger charge is -2.27. The van der Waals surface area contributed by atoms with Crippen LogP contribution >= 0.6 is 11.6 Å². The van der Waals surface area contributed by atoms with Gasteiger partial charge in [0.15, 0.2) is 17.3 Å². The molecule has 0 radical (unpaired) electrons. The van der Waals surface area contributed by atoms with Crippen LogP contribution in [0.1, 0.15) is 11.1 Å². The van der Waals surface area contributed by atoms with Gasteiger partial charge in [-0.3, -0.25) is 4.79 Å². The van der Waals surface area contributed by atoms with Crippen LogP contribution in [0.4, 0.5) is 0 Å². The highest BCUT2D eigenvalue weighted by molar-refractivity contribution is 6.30. The van der Waals surface area contributed by atoms with Crippen molar-refractivity contribution in [3.8, 4) is 17.2 Å². The van der Waals surface area contributed by atoms with Gasteiger partial charge in [-0.15, -0.1) is 0 Å². The second-order valence-corrected chi connectivity index (χ2v) is 6.31. The topological polar surface area (TPSA) is 69.5 Å². The molecule has 0 aromatic heterocycles. The van der Waals surface area contributed by atoms with Crippen molar-refractivity contribution >= 4 is 29.2 Å². The number of benzene rings is 2. The minimum absolute atomic E-state index is 0.245. The van der Waals surface area contributed by atoms with Crippen LogP contribution in [-0.4, -0.2) is 31.9 Å². The van der Waals surface area contributed by atoms with Gasteiger partial charge in [0, 0.05) is 5.02 Å². The van der Waals surface area contributed by atoms with Crippen molar-refractivity contribution in [2.24, 2.45) is 15.9 Å². The molecule has 2 aliphatic rings. The molecule has 0 aliphatic carbocycles. The number of fused-ring (bicyclic) bond motifs is 2. The summed E-state index contributed by atoms with van der Waals surface area (Å²) in [5.74, 6) is 1.38. The average Bonchev–Trinajstić information content (AvgIpc) is 2.66. The lowest BCUT2D eigenvalue weighted by Crippen LogP contribution is -2.37. The quantitative estimate of drug-likeness (QED) is 0.831. The van der Waals surface area contributed by atoms with E-state index in [1.54, 1.807) is 43.5 Å². The Labute approximate surface area is 155 Å². The van der Waals surface area contributed by atoms with Crippen LogP contribution in [0.25, 0.3) is 0 Å². The standard InChI is InChI=1S/C19H15ClN2O4/c1-24-15-5-3-4-12(16(15)25-2)17-21-18(23)13-9-10-8-11(20)6-7-14(10)26-19(13)22-17/h3-8,13H,9H2,1-2H3. The Kier molecular flexibility index (Phi) is 4.12. The van der Waals surface area contributed by atoms with Gasteiger partial charge in [-0.2, -0.15) is 9.98 Å². The fraction of sp³-hybridized carbons (Fsp3) is 0.211. The molecule has 0 N–H and O–H groups in total. The first-order valence-electron chi connectivity index (χ1n) is 7.99. The van der Waals surface area contributed by atoms with Gasteiger partial charge in [0.1, 0.15) is 11.7 Å². The highest BCUT2D eigenvalue weighted by Crippen LogP contribution is 2.35. The summed E-state index contributed by atoms with van der Waals surface area (Å²) in [7, 11) is 3.07. The molecule has 7 heteroatoms. The van der Waals surface area contributed by atoms with Crippen molar-refractivity contribution in [1.29, 1.82) is 0 Å². The molecular weight excluding hydrogens is 356 g/mol. The van der Waals surface area contributed by atoms with E-state index in [1.165, 1.54) is 7.11 Å². The van der Waals surface area contributed by atoms with Gasteiger partial charge in [-0.1, -0.05) is 17.7 Å². The minimum atomic E-state index is -0.540. The number of carbonyl (C=O) groups is 1. The van der Waals surface area contributed by atoms with Gasteiger partial charge in [0.25, 0.3) is 5.91 Å². The van der Waals surface area contributed by atoms with E-state index >= 15 is 0 Å². The SMILES string of the molecule is COc1cccc(C2=NC(=O)C3Cc4cc(Cl)ccc4OC3=N2)c1OC. The van der Waals surface area contributed by atoms with E-state index in [0.29, 0.717) is 40.2 Å². The molecule has 26 heavy (non-hydrogen) atoms. The van der Waals surface area contributed by atoms with E-state index < -0.39 is 5.92 Å². The van der Waals surface area contributed by atoms with E-state index in [0.717, 1.165) is 5.56 Å². The summed E-state index contributed by atoms with van der Waals surface area (Å²) in [5.41, 5.74) is 1.43. The van der Waals surface area contributed by atoms with Crippen molar-refractivity contribution in [3.63, 3.8) is 0 Å². The van der Waals surface area contributed by atoms with Crippen LogP contribution in [0.15, 0.2) is 46.4 Å². The maximum absolute atomic E-state index is 12.6. The van der Waals surface area contributed by atoms with E-state index in [2.05, 4.69) is 9.98 Å². The molecule has 1 atom stereocenters. The maximum Gasteiger partial charge on any atom is 0.260 e. The Hall–Kier alpha value is -2.86. The smallest absolute Gasteiger partial charge is 0.260 e. The normalized spacial score (nSPS) is 18.1. The van der Waals surface area contributed by atoms with Gasteiger partial charge < -0.3 is 14.2 Å². The van der Waals surface area contributed by atoms with Crippen molar-refractivity contribution in [1.82, 2.24) is 0 Å². The van der Waals surface area contributed by atoms with E-state index in [-0.39, 0.29) is 11.7 Å². The first-order chi connectivity index (χ1) is 12.6. The molecule has 0 bridgehead atoms. The van der Waals surface area contributed by atoms with Gasteiger partial charge in [0.05, 0.1) is 19.8 Å². The molecular formula is C19H15ClN2O4. The largest absolute Gasteiger partial charge is 0.493 e. The lowest BCUT2D eigenvalue weighted by atomic mass is 9.94. The number of hydrogen-bond acceptors (Lipinski definition) is 5. The lowest BCUT2D eigenvalue weighted by molar-refractivity contribution is -0.120. The summed E-state index contributed by atoms with van der Waals surface area (Å²) in [6, 6.07) is 10.6. The fourth-order valence-electron chi connectivity index (χ4n) is 3.09. The number of amides is 1. The fourth-order valence-corrected chi connectivity index (χ4v) is 3.28. The number of halogens is 1. The second kappa shape index (κ2) is 6.46. The highest BCUT2D eigenvalue weighted by Gasteiger charge is 2.36. The van der Waals surface area contributed by atoms with Crippen molar-refractivity contribution in [2.75, 3.05) is 14.2 Å². The Bertz CT molecular complexity index is 968. The maximum atomic E-state index is 12.6.